The molecule has 0 saturated carbocycles. The van der Waals surface area contributed by atoms with Crippen LogP contribution in [0.1, 0.15) is 84.0 Å². The van der Waals surface area contributed by atoms with Gasteiger partial charge in [0, 0.05) is 19.4 Å². The van der Waals surface area contributed by atoms with Crippen molar-refractivity contribution >= 4 is 29.8 Å². The Hall–Kier alpha value is -4.61. The average Bonchev–Trinajstić information content (AvgIpc) is 2.93. The standard InChI is InChI=1S/C34H48N4O8/c1-9-38(30(42)24(16-18-27(35)40)37-32(44)46-34(6,7)8)28(23-15-17-26(39)21(2)19-23)29(41)36-25(31(43)45-33(3,4)5)20-22-13-11-10-12-14-22/h10-15,17,19,24-25,28,39H,9,16,18,20H2,1-8H3,(H2,35,40)(H,36,41)(H,37,44). The molecule has 0 fully saturated rings. The second-order valence-electron chi connectivity index (χ2n) is 13.1. The van der Waals surface area contributed by atoms with Crippen molar-refractivity contribution < 1.29 is 38.6 Å². The largest absolute Gasteiger partial charge is 0.508 e. The Balaban J connectivity index is 2.58. The number of likely N-dealkylation sites (N-methyl/N-ethyl adjacent to an activating group) is 1. The van der Waals surface area contributed by atoms with E-state index in [9.17, 15) is 29.1 Å². The van der Waals surface area contributed by atoms with Gasteiger partial charge in [-0.2, -0.15) is 0 Å². The summed E-state index contributed by atoms with van der Waals surface area (Å²) in [5, 5.41) is 15.5. The minimum atomic E-state index is -1.31. The van der Waals surface area contributed by atoms with Gasteiger partial charge in [0.25, 0.3) is 0 Å². The van der Waals surface area contributed by atoms with Gasteiger partial charge in [0.2, 0.25) is 17.7 Å². The SMILES string of the molecule is CCN(C(=O)C(CCC(N)=O)NC(=O)OC(C)(C)C)C(C(=O)NC(Cc1ccccc1)C(=O)OC(C)(C)C)c1ccc(O)c(C)c1. The van der Waals surface area contributed by atoms with Crippen molar-refractivity contribution in [2.45, 2.75) is 104 Å². The van der Waals surface area contributed by atoms with Gasteiger partial charge in [-0.15, -0.1) is 0 Å². The van der Waals surface area contributed by atoms with Gasteiger partial charge in [-0.1, -0.05) is 36.4 Å². The summed E-state index contributed by atoms with van der Waals surface area (Å²) in [5.74, 6) is -2.74. The summed E-state index contributed by atoms with van der Waals surface area (Å²) in [6.07, 6.45) is -1.15. The van der Waals surface area contributed by atoms with E-state index in [0.29, 0.717) is 11.1 Å². The Morgan fingerprint density at radius 3 is 2.02 bits per heavy atom. The lowest BCUT2D eigenvalue weighted by Crippen LogP contribution is -2.55. The summed E-state index contributed by atoms with van der Waals surface area (Å²) in [6, 6.07) is 9.86. The molecule has 0 saturated heterocycles. The molecule has 3 atom stereocenters. The molecule has 12 nitrogen and oxygen atoms in total. The summed E-state index contributed by atoms with van der Waals surface area (Å²) in [7, 11) is 0. The fourth-order valence-electron chi connectivity index (χ4n) is 4.65. The summed E-state index contributed by atoms with van der Waals surface area (Å²) in [5.41, 5.74) is 5.22. The van der Waals surface area contributed by atoms with Gasteiger partial charge >= 0.3 is 12.1 Å². The Bertz CT molecular complexity index is 1380. The smallest absolute Gasteiger partial charge is 0.408 e. The molecule has 46 heavy (non-hydrogen) atoms. The fourth-order valence-corrected chi connectivity index (χ4v) is 4.65. The first-order valence-electron chi connectivity index (χ1n) is 15.3. The molecule has 0 radical (unpaired) electrons. The van der Waals surface area contributed by atoms with Crippen molar-refractivity contribution in [1.29, 1.82) is 0 Å². The Labute approximate surface area is 271 Å². The molecule has 0 spiro atoms. The number of rotatable bonds is 13. The minimum absolute atomic E-state index is 0.00426. The van der Waals surface area contributed by atoms with Crippen LogP contribution >= 0.6 is 0 Å². The maximum Gasteiger partial charge on any atom is 0.408 e. The van der Waals surface area contributed by atoms with E-state index in [2.05, 4.69) is 10.6 Å². The van der Waals surface area contributed by atoms with E-state index >= 15 is 0 Å². The lowest BCUT2D eigenvalue weighted by atomic mass is 9.98. The van der Waals surface area contributed by atoms with Gasteiger partial charge in [0.1, 0.15) is 35.1 Å². The zero-order chi connectivity index (χ0) is 34.8. The summed E-state index contributed by atoms with van der Waals surface area (Å²) >= 11 is 0. The van der Waals surface area contributed by atoms with Crippen molar-refractivity contribution in [3.05, 3.63) is 65.2 Å². The Morgan fingerprint density at radius 2 is 1.50 bits per heavy atom. The molecule has 2 aromatic carbocycles. The molecule has 2 aromatic rings. The van der Waals surface area contributed by atoms with Crippen molar-refractivity contribution in [3.63, 3.8) is 0 Å². The number of nitrogens with two attached hydrogens (primary N) is 1. The third kappa shape index (κ3) is 12.1. The highest BCUT2D eigenvalue weighted by Gasteiger charge is 2.38. The summed E-state index contributed by atoms with van der Waals surface area (Å²) in [4.78, 5) is 67.4. The molecule has 0 aliphatic heterocycles. The number of aromatic hydroxyl groups is 1. The Morgan fingerprint density at radius 1 is 0.891 bits per heavy atom. The van der Waals surface area contributed by atoms with Crippen LogP contribution in [0, 0.1) is 6.92 Å². The molecular weight excluding hydrogens is 592 g/mol. The van der Waals surface area contributed by atoms with E-state index in [-0.39, 0.29) is 31.6 Å². The van der Waals surface area contributed by atoms with Gasteiger partial charge in [-0.05, 0) is 90.6 Å². The van der Waals surface area contributed by atoms with Crippen LogP contribution in [-0.4, -0.2) is 69.6 Å². The number of carbonyl (C=O) groups excluding carboxylic acids is 5. The average molecular weight is 641 g/mol. The van der Waals surface area contributed by atoms with Crippen molar-refractivity contribution in [3.8, 4) is 5.75 Å². The third-order valence-corrected chi connectivity index (χ3v) is 6.68. The van der Waals surface area contributed by atoms with Gasteiger partial charge < -0.3 is 35.8 Å². The number of amides is 4. The number of aryl methyl sites for hydroxylation is 1. The van der Waals surface area contributed by atoms with Gasteiger partial charge in [-0.25, -0.2) is 9.59 Å². The number of ether oxygens (including phenoxy) is 2. The normalized spacial score (nSPS) is 13.5. The summed E-state index contributed by atoms with van der Waals surface area (Å²) in [6.45, 7) is 13.4. The quantitative estimate of drug-likeness (QED) is 0.239. The number of benzene rings is 2. The summed E-state index contributed by atoms with van der Waals surface area (Å²) < 4.78 is 11.0. The van der Waals surface area contributed by atoms with Crippen LogP contribution in [0.3, 0.4) is 0 Å². The van der Waals surface area contributed by atoms with E-state index in [4.69, 9.17) is 15.2 Å². The van der Waals surface area contributed by atoms with E-state index in [1.54, 1.807) is 61.5 Å². The molecule has 4 amide bonds. The lowest BCUT2D eigenvalue weighted by Gasteiger charge is -2.35. The number of primary amides is 1. The number of nitrogens with one attached hydrogen (secondary N) is 2. The highest BCUT2D eigenvalue weighted by Crippen LogP contribution is 2.28. The van der Waals surface area contributed by atoms with Crippen molar-refractivity contribution in [2.75, 3.05) is 6.54 Å². The molecular formula is C34H48N4O8. The van der Waals surface area contributed by atoms with Crippen LogP contribution in [0.15, 0.2) is 48.5 Å². The van der Waals surface area contributed by atoms with Gasteiger partial charge in [0.05, 0.1) is 0 Å². The number of carbonyl (C=O) groups is 5. The van der Waals surface area contributed by atoms with Crippen LogP contribution in [0.2, 0.25) is 0 Å². The first kappa shape index (κ1) is 37.6. The molecule has 0 bridgehead atoms. The van der Waals surface area contributed by atoms with E-state index < -0.39 is 59.1 Å². The molecule has 12 heteroatoms. The predicted molar refractivity (Wildman–Crippen MR) is 172 cm³/mol. The lowest BCUT2D eigenvalue weighted by molar-refractivity contribution is -0.159. The molecule has 0 aromatic heterocycles. The molecule has 0 aliphatic carbocycles. The Kier molecular flexibility index (Phi) is 13.2. The maximum absolute atomic E-state index is 14.3. The van der Waals surface area contributed by atoms with Crippen LogP contribution in [0.5, 0.6) is 5.75 Å². The van der Waals surface area contributed by atoms with E-state index in [0.717, 1.165) is 5.56 Å². The second-order valence-corrected chi connectivity index (χ2v) is 13.1. The first-order valence-corrected chi connectivity index (χ1v) is 15.3. The topological polar surface area (TPSA) is 177 Å². The second kappa shape index (κ2) is 16.1. The fraction of sp³-hybridized carbons (Fsp3) is 0.500. The number of phenols is 1. The number of phenolic OH excluding ortho intramolecular Hbond substituents is 1. The van der Waals surface area contributed by atoms with Crippen LogP contribution < -0.4 is 16.4 Å². The number of hydrogen-bond acceptors (Lipinski definition) is 8. The van der Waals surface area contributed by atoms with Gasteiger partial charge in [-0.3, -0.25) is 14.4 Å². The van der Waals surface area contributed by atoms with Crippen molar-refractivity contribution in [1.82, 2.24) is 15.5 Å². The number of alkyl carbamates (subject to hydrolysis) is 1. The monoisotopic (exact) mass is 640 g/mol. The number of hydrogen-bond donors (Lipinski definition) is 4. The van der Waals surface area contributed by atoms with Crippen LogP contribution in [0.4, 0.5) is 4.79 Å². The van der Waals surface area contributed by atoms with Crippen molar-refractivity contribution in [2.24, 2.45) is 5.73 Å². The molecule has 0 aliphatic rings. The number of esters is 1. The van der Waals surface area contributed by atoms with Crippen LogP contribution in [0.25, 0.3) is 0 Å². The third-order valence-electron chi connectivity index (χ3n) is 6.68. The van der Waals surface area contributed by atoms with E-state index in [1.165, 1.54) is 17.0 Å². The molecule has 252 valence electrons. The maximum atomic E-state index is 14.3. The zero-order valence-electron chi connectivity index (χ0n) is 28.0. The van der Waals surface area contributed by atoms with E-state index in [1.807, 2.05) is 30.3 Å². The highest BCUT2D eigenvalue weighted by molar-refractivity contribution is 5.94. The zero-order valence-corrected chi connectivity index (χ0v) is 28.0. The van der Waals surface area contributed by atoms with Crippen LogP contribution in [-0.2, 0) is 35.1 Å². The molecule has 3 unspecified atom stereocenters. The molecule has 5 N–H and O–H groups in total. The first-order chi connectivity index (χ1) is 21.3. The molecule has 2 rings (SSSR count). The molecule has 0 heterocycles. The number of nitrogens with zero attached hydrogens (tertiary/aromatic N) is 1. The van der Waals surface area contributed by atoms with Gasteiger partial charge in [0.15, 0.2) is 0 Å². The minimum Gasteiger partial charge on any atom is -0.508 e. The predicted octanol–water partition coefficient (Wildman–Crippen LogP) is 3.82. The highest BCUT2D eigenvalue weighted by atomic mass is 16.6.